The third-order valence-corrected chi connectivity index (χ3v) is 2.94. The molecule has 0 bridgehead atoms. The highest BCUT2D eigenvalue weighted by atomic mass is 15.3. The van der Waals surface area contributed by atoms with Crippen LogP contribution in [-0.4, -0.2) is 15.8 Å². The highest BCUT2D eigenvalue weighted by Gasteiger charge is 2.07. The minimum atomic E-state index is 0.525. The van der Waals surface area contributed by atoms with Crippen LogP contribution < -0.4 is 5.32 Å². The molecule has 0 spiro atoms. The van der Waals surface area contributed by atoms with Gasteiger partial charge in [-0.15, -0.1) is 0 Å². The minimum absolute atomic E-state index is 0.525. The first-order valence-electron chi connectivity index (χ1n) is 6.29. The van der Waals surface area contributed by atoms with E-state index in [-0.39, 0.29) is 0 Å². The van der Waals surface area contributed by atoms with Crippen LogP contribution in [0.2, 0.25) is 0 Å². The molecule has 0 radical (unpaired) electrons. The fourth-order valence-corrected chi connectivity index (χ4v) is 1.59. The molecule has 1 atom stereocenters. The summed E-state index contributed by atoms with van der Waals surface area (Å²) in [6.07, 6.45) is 3.38. The van der Waals surface area contributed by atoms with Crippen molar-refractivity contribution in [2.45, 2.75) is 60.2 Å². The lowest BCUT2D eigenvalue weighted by atomic mass is 10.1. The van der Waals surface area contributed by atoms with Gasteiger partial charge >= 0.3 is 0 Å². The van der Waals surface area contributed by atoms with E-state index in [1.54, 1.807) is 0 Å². The quantitative estimate of drug-likeness (QED) is 0.803. The molecule has 0 fully saturated rings. The van der Waals surface area contributed by atoms with Gasteiger partial charge in [0.15, 0.2) is 0 Å². The van der Waals surface area contributed by atoms with E-state index in [1.807, 2.05) is 0 Å². The number of aryl methyl sites for hydroxylation is 1. The van der Waals surface area contributed by atoms with Gasteiger partial charge in [0.1, 0.15) is 0 Å². The molecule has 0 aromatic carbocycles. The molecule has 1 N–H and O–H groups in total. The lowest BCUT2D eigenvalue weighted by Gasteiger charge is -2.08. The van der Waals surface area contributed by atoms with Crippen LogP contribution in [0.5, 0.6) is 0 Å². The van der Waals surface area contributed by atoms with Gasteiger partial charge in [-0.1, -0.05) is 34.1 Å². The van der Waals surface area contributed by atoms with E-state index < -0.39 is 0 Å². The zero-order valence-corrected chi connectivity index (χ0v) is 11.2. The van der Waals surface area contributed by atoms with Crippen molar-refractivity contribution < 1.29 is 0 Å². The van der Waals surface area contributed by atoms with Crippen LogP contribution in [-0.2, 0) is 13.1 Å². The van der Waals surface area contributed by atoms with E-state index in [1.165, 1.54) is 12.0 Å². The Morgan fingerprint density at radius 1 is 1.38 bits per heavy atom. The number of nitrogens with zero attached hydrogens (tertiary/aromatic N) is 2. The highest BCUT2D eigenvalue weighted by Crippen LogP contribution is 2.09. The van der Waals surface area contributed by atoms with Crippen molar-refractivity contribution in [3.63, 3.8) is 0 Å². The molecule has 0 aliphatic carbocycles. The van der Waals surface area contributed by atoms with Crippen LogP contribution in [0.4, 0.5) is 0 Å². The second-order valence-corrected chi connectivity index (χ2v) is 5.01. The first-order chi connectivity index (χ1) is 7.52. The molecule has 0 amide bonds. The summed E-state index contributed by atoms with van der Waals surface area (Å²) in [6, 6.07) is 0.525. The lowest BCUT2D eigenvalue weighted by Crippen LogP contribution is -2.21. The van der Waals surface area contributed by atoms with E-state index in [9.17, 15) is 0 Å². The van der Waals surface area contributed by atoms with E-state index in [0.29, 0.717) is 12.0 Å². The molecule has 3 nitrogen and oxygen atoms in total. The highest BCUT2D eigenvalue weighted by molar-refractivity contribution is 5.15. The molecule has 1 aromatic heterocycles. The first kappa shape index (κ1) is 13.2. The second-order valence-electron chi connectivity index (χ2n) is 5.01. The van der Waals surface area contributed by atoms with E-state index in [0.717, 1.165) is 18.8 Å². The summed E-state index contributed by atoms with van der Waals surface area (Å²) in [6.45, 7) is 12.9. The van der Waals surface area contributed by atoms with Crippen LogP contribution in [0.3, 0.4) is 0 Å². The van der Waals surface area contributed by atoms with Gasteiger partial charge in [0, 0.05) is 30.9 Å². The van der Waals surface area contributed by atoms with Crippen LogP contribution in [0.25, 0.3) is 0 Å². The molecule has 1 unspecified atom stereocenters. The van der Waals surface area contributed by atoms with Gasteiger partial charge in [-0.25, -0.2) is 0 Å². The molecule has 1 aromatic rings. The second kappa shape index (κ2) is 6.04. The maximum absolute atomic E-state index is 4.55. The Bertz CT molecular complexity index is 315. The summed E-state index contributed by atoms with van der Waals surface area (Å²) in [5.41, 5.74) is 2.47. The molecule has 92 valence electrons. The van der Waals surface area contributed by atoms with Gasteiger partial charge in [-0.2, -0.15) is 5.10 Å². The van der Waals surface area contributed by atoms with Crippen LogP contribution in [0.15, 0.2) is 6.20 Å². The Kier molecular flexibility index (Phi) is 5.00. The minimum Gasteiger partial charge on any atom is -0.310 e. The topological polar surface area (TPSA) is 29.9 Å². The van der Waals surface area contributed by atoms with Crippen molar-refractivity contribution >= 4 is 0 Å². The summed E-state index contributed by atoms with van der Waals surface area (Å²) in [4.78, 5) is 0. The fourth-order valence-electron chi connectivity index (χ4n) is 1.59. The largest absolute Gasteiger partial charge is 0.310 e. The maximum atomic E-state index is 4.55. The fraction of sp³-hybridized carbons (Fsp3) is 0.769. The summed E-state index contributed by atoms with van der Waals surface area (Å²) in [5, 5.41) is 7.98. The average Bonchev–Trinajstić information content (AvgIpc) is 2.55. The van der Waals surface area contributed by atoms with Gasteiger partial charge < -0.3 is 5.32 Å². The average molecular weight is 223 g/mol. The number of aromatic nitrogens is 2. The Morgan fingerprint density at radius 3 is 2.62 bits per heavy atom. The van der Waals surface area contributed by atoms with Crippen molar-refractivity contribution in [3.8, 4) is 0 Å². The monoisotopic (exact) mass is 223 g/mol. The molecule has 0 saturated carbocycles. The van der Waals surface area contributed by atoms with E-state index in [2.05, 4.69) is 55.9 Å². The summed E-state index contributed by atoms with van der Waals surface area (Å²) in [5.74, 6) is 0.699. The zero-order valence-electron chi connectivity index (χ0n) is 11.2. The number of nitrogens with one attached hydrogen (secondary N) is 1. The molecule has 1 heterocycles. The van der Waals surface area contributed by atoms with Crippen LogP contribution >= 0.6 is 0 Å². The Balaban J connectivity index is 2.59. The van der Waals surface area contributed by atoms with Crippen LogP contribution in [0.1, 0.15) is 45.4 Å². The predicted molar refractivity (Wildman–Crippen MR) is 68.4 cm³/mol. The van der Waals surface area contributed by atoms with Crippen molar-refractivity contribution in [2.24, 2.45) is 5.92 Å². The SMILES string of the molecule is CCC(C)Cn1cc(CNC(C)C)c(C)n1. The normalized spacial score (nSPS) is 13.4. The number of hydrogen-bond acceptors (Lipinski definition) is 2. The molecule has 1 rings (SSSR count). The third kappa shape index (κ3) is 3.97. The smallest absolute Gasteiger partial charge is 0.0638 e. The maximum Gasteiger partial charge on any atom is 0.0638 e. The molecule has 0 aliphatic heterocycles. The van der Waals surface area contributed by atoms with Gasteiger partial charge in [0.05, 0.1) is 5.69 Å². The number of rotatable bonds is 6. The summed E-state index contributed by atoms with van der Waals surface area (Å²) < 4.78 is 2.08. The van der Waals surface area contributed by atoms with Crippen molar-refractivity contribution in [1.29, 1.82) is 0 Å². The molecular weight excluding hydrogens is 198 g/mol. The Morgan fingerprint density at radius 2 is 2.06 bits per heavy atom. The Hall–Kier alpha value is -0.830. The summed E-state index contributed by atoms with van der Waals surface area (Å²) in [7, 11) is 0. The third-order valence-electron chi connectivity index (χ3n) is 2.94. The van der Waals surface area contributed by atoms with Crippen LogP contribution in [0, 0.1) is 12.8 Å². The molecule has 16 heavy (non-hydrogen) atoms. The standard InChI is InChI=1S/C13H25N3/c1-6-11(4)8-16-9-13(12(5)15-16)7-14-10(2)3/h9-11,14H,6-8H2,1-5H3. The predicted octanol–water partition coefficient (Wildman–Crippen LogP) is 2.74. The molecule has 3 heteroatoms. The van der Waals surface area contributed by atoms with Crippen molar-refractivity contribution in [1.82, 2.24) is 15.1 Å². The summed E-state index contributed by atoms with van der Waals surface area (Å²) >= 11 is 0. The lowest BCUT2D eigenvalue weighted by molar-refractivity contribution is 0.437. The molecular formula is C13H25N3. The van der Waals surface area contributed by atoms with E-state index in [4.69, 9.17) is 0 Å². The van der Waals surface area contributed by atoms with Gasteiger partial charge in [0.25, 0.3) is 0 Å². The van der Waals surface area contributed by atoms with Crippen molar-refractivity contribution in [3.05, 3.63) is 17.5 Å². The van der Waals surface area contributed by atoms with Gasteiger partial charge in [-0.05, 0) is 12.8 Å². The van der Waals surface area contributed by atoms with Crippen molar-refractivity contribution in [2.75, 3.05) is 0 Å². The van der Waals surface area contributed by atoms with Gasteiger partial charge in [0.2, 0.25) is 0 Å². The number of hydrogen-bond donors (Lipinski definition) is 1. The Labute approximate surface area is 99.2 Å². The molecule has 0 saturated heterocycles. The first-order valence-corrected chi connectivity index (χ1v) is 6.29. The van der Waals surface area contributed by atoms with Gasteiger partial charge in [-0.3, -0.25) is 4.68 Å². The molecule has 0 aliphatic rings. The van der Waals surface area contributed by atoms with E-state index >= 15 is 0 Å². The zero-order chi connectivity index (χ0) is 12.1.